The zero-order valence-electron chi connectivity index (χ0n) is 10.5. The zero-order valence-corrected chi connectivity index (χ0v) is 12.1. The molecule has 1 aromatic rings. The summed E-state index contributed by atoms with van der Waals surface area (Å²) in [5.41, 5.74) is 2.97. The molecule has 2 rings (SSSR count). The van der Waals surface area contributed by atoms with Crippen molar-refractivity contribution in [2.75, 3.05) is 6.61 Å². The van der Waals surface area contributed by atoms with Gasteiger partial charge in [0.05, 0.1) is 6.10 Å². The summed E-state index contributed by atoms with van der Waals surface area (Å²) in [4.78, 5) is 0. The van der Waals surface area contributed by atoms with Crippen LogP contribution in [0.4, 0.5) is 0 Å². The third kappa shape index (κ3) is 3.82. The Morgan fingerprint density at radius 3 is 3.00 bits per heavy atom. The van der Waals surface area contributed by atoms with Gasteiger partial charge in [-0.05, 0) is 48.9 Å². The standard InChI is InChI=1S/C15H21BrO/c1-2-3-4-9-17-15-8-6-12-10-14(16)7-5-13(12)11-15/h5,7,10,15H,2-4,6,8-9,11H2,1H3. The Morgan fingerprint density at radius 1 is 1.29 bits per heavy atom. The molecule has 0 saturated heterocycles. The van der Waals surface area contributed by atoms with Crippen LogP contribution >= 0.6 is 15.9 Å². The van der Waals surface area contributed by atoms with Crippen LogP contribution < -0.4 is 0 Å². The first-order chi connectivity index (χ1) is 8.29. The molecule has 0 spiro atoms. The molecule has 94 valence electrons. The highest BCUT2D eigenvalue weighted by Crippen LogP contribution is 2.26. The fourth-order valence-electron chi connectivity index (χ4n) is 2.43. The highest BCUT2D eigenvalue weighted by Gasteiger charge is 2.18. The Bertz CT molecular complexity index is 362. The minimum atomic E-state index is 0.445. The lowest BCUT2D eigenvalue weighted by Gasteiger charge is -2.25. The van der Waals surface area contributed by atoms with Gasteiger partial charge in [0.25, 0.3) is 0 Å². The molecule has 1 nitrogen and oxygen atoms in total. The van der Waals surface area contributed by atoms with Crippen molar-refractivity contribution in [1.82, 2.24) is 0 Å². The normalized spacial score (nSPS) is 19.1. The van der Waals surface area contributed by atoms with E-state index in [1.165, 1.54) is 41.3 Å². The van der Waals surface area contributed by atoms with Crippen molar-refractivity contribution in [3.8, 4) is 0 Å². The van der Waals surface area contributed by atoms with Crippen molar-refractivity contribution in [1.29, 1.82) is 0 Å². The van der Waals surface area contributed by atoms with Gasteiger partial charge in [-0.3, -0.25) is 0 Å². The van der Waals surface area contributed by atoms with E-state index in [2.05, 4.69) is 41.1 Å². The second-order valence-electron chi connectivity index (χ2n) is 4.86. The minimum absolute atomic E-state index is 0.445. The van der Waals surface area contributed by atoms with Gasteiger partial charge in [0.1, 0.15) is 0 Å². The topological polar surface area (TPSA) is 9.23 Å². The van der Waals surface area contributed by atoms with E-state index in [0.717, 1.165) is 19.4 Å². The van der Waals surface area contributed by atoms with Gasteiger partial charge in [-0.2, -0.15) is 0 Å². The van der Waals surface area contributed by atoms with Crippen LogP contribution in [0.5, 0.6) is 0 Å². The monoisotopic (exact) mass is 296 g/mol. The summed E-state index contributed by atoms with van der Waals surface area (Å²) in [5.74, 6) is 0. The molecule has 0 radical (unpaired) electrons. The molecule has 1 aliphatic rings. The van der Waals surface area contributed by atoms with Crippen LogP contribution in [0.1, 0.15) is 43.7 Å². The molecule has 0 heterocycles. The number of ether oxygens (including phenoxy) is 1. The lowest BCUT2D eigenvalue weighted by atomic mass is 9.90. The smallest absolute Gasteiger partial charge is 0.0618 e. The number of aryl methyl sites for hydroxylation is 1. The van der Waals surface area contributed by atoms with Crippen LogP contribution in [0.15, 0.2) is 22.7 Å². The van der Waals surface area contributed by atoms with E-state index in [0.29, 0.717) is 6.10 Å². The second-order valence-corrected chi connectivity index (χ2v) is 5.77. The van der Waals surface area contributed by atoms with Crippen LogP contribution in [0.3, 0.4) is 0 Å². The summed E-state index contributed by atoms with van der Waals surface area (Å²) < 4.78 is 7.15. The summed E-state index contributed by atoms with van der Waals surface area (Å²) in [6.07, 6.45) is 7.64. The predicted octanol–water partition coefficient (Wildman–Crippen LogP) is 4.51. The Labute approximate surface area is 113 Å². The average Bonchev–Trinajstić information content (AvgIpc) is 2.35. The molecule has 0 amide bonds. The molecular weight excluding hydrogens is 276 g/mol. The molecule has 0 fully saturated rings. The maximum absolute atomic E-state index is 5.96. The van der Waals surface area contributed by atoms with Gasteiger partial charge < -0.3 is 4.74 Å². The van der Waals surface area contributed by atoms with Crippen LogP contribution in [0.2, 0.25) is 0 Å². The van der Waals surface area contributed by atoms with Crippen LogP contribution in [-0.4, -0.2) is 12.7 Å². The van der Waals surface area contributed by atoms with E-state index in [1.807, 2.05) is 0 Å². The van der Waals surface area contributed by atoms with Crippen molar-refractivity contribution >= 4 is 15.9 Å². The summed E-state index contributed by atoms with van der Waals surface area (Å²) >= 11 is 3.53. The van der Waals surface area contributed by atoms with E-state index >= 15 is 0 Å². The number of halogens is 1. The number of unbranched alkanes of at least 4 members (excludes halogenated alkanes) is 2. The van der Waals surface area contributed by atoms with Crippen molar-refractivity contribution in [3.05, 3.63) is 33.8 Å². The first-order valence-corrected chi connectivity index (χ1v) is 7.48. The van der Waals surface area contributed by atoms with E-state index < -0.39 is 0 Å². The SMILES string of the molecule is CCCCCOC1CCc2cc(Br)ccc2C1. The largest absolute Gasteiger partial charge is 0.378 e. The molecule has 0 saturated carbocycles. The van der Waals surface area contributed by atoms with Crippen molar-refractivity contribution in [2.24, 2.45) is 0 Å². The summed E-state index contributed by atoms with van der Waals surface area (Å²) in [6.45, 7) is 3.17. The number of hydrogen-bond acceptors (Lipinski definition) is 1. The molecule has 1 aromatic carbocycles. The number of hydrogen-bond donors (Lipinski definition) is 0. The lowest BCUT2D eigenvalue weighted by molar-refractivity contribution is 0.0419. The zero-order chi connectivity index (χ0) is 12.1. The molecule has 1 unspecified atom stereocenters. The lowest BCUT2D eigenvalue weighted by Crippen LogP contribution is -2.23. The average molecular weight is 297 g/mol. The molecule has 0 N–H and O–H groups in total. The third-order valence-corrected chi connectivity index (χ3v) is 3.95. The van der Waals surface area contributed by atoms with Gasteiger partial charge >= 0.3 is 0 Å². The van der Waals surface area contributed by atoms with Crippen molar-refractivity contribution in [3.63, 3.8) is 0 Å². The predicted molar refractivity (Wildman–Crippen MR) is 75.4 cm³/mol. The van der Waals surface area contributed by atoms with Crippen LogP contribution in [-0.2, 0) is 17.6 Å². The Hall–Kier alpha value is -0.340. The summed E-state index contributed by atoms with van der Waals surface area (Å²) in [5, 5.41) is 0. The van der Waals surface area contributed by atoms with E-state index in [-0.39, 0.29) is 0 Å². The number of fused-ring (bicyclic) bond motifs is 1. The third-order valence-electron chi connectivity index (χ3n) is 3.45. The fourth-order valence-corrected chi connectivity index (χ4v) is 2.84. The van der Waals surface area contributed by atoms with Gasteiger partial charge in [-0.25, -0.2) is 0 Å². The molecular formula is C15H21BrO. The fraction of sp³-hybridized carbons (Fsp3) is 0.600. The van der Waals surface area contributed by atoms with Gasteiger partial charge in [0.15, 0.2) is 0 Å². The van der Waals surface area contributed by atoms with Gasteiger partial charge in [0.2, 0.25) is 0 Å². The Kier molecular flexibility index (Phi) is 5.05. The molecule has 17 heavy (non-hydrogen) atoms. The summed E-state index contributed by atoms with van der Waals surface area (Å²) in [7, 11) is 0. The first-order valence-electron chi connectivity index (χ1n) is 6.68. The van der Waals surface area contributed by atoms with Crippen molar-refractivity contribution < 1.29 is 4.74 Å². The minimum Gasteiger partial charge on any atom is -0.378 e. The second kappa shape index (κ2) is 6.55. The van der Waals surface area contributed by atoms with Gasteiger partial charge in [0, 0.05) is 11.1 Å². The number of benzene rings is 1. The Balaban J connectivity index is 1.84. The van der Waals surface area contributed by atoms with E-state index in [4.69, 9.17) is 4.74 Å². The highest BCUT2D eigenvalue weighted by atomic mass is 79.9. The molecule has 0 bridgehead atoms. The molecule has 0 aliphatic heterocycles. The van der Waals surface area contributed by atoms with E-state index in [1.54, 1.807) is 0 Å². The van der Waals surface area contributed by atoms with Crippen LogP contribution in [0.25, 0.3) is 0 Å². The Morgan fingerprint density at radius 2 is 2.18 bits per heavy atom. The first kappa shape index (κ1) is 13.1. The maximum Gasteiger partial charge on any atom is 0.0618 e. The maximum atomic E-state index is 5.96. The highest BCUT2D eigenvalue weighted by molar-refractivity contribution is 9.10. The molecule has 0 aromatic heterocycles. The van der Waals surface area contributed by atoms with Gasteiger partial charge in [-0.1, -0.05) is 41.8 Å². The number of rotatable bonds is 5. The molecule has 1 atom stereocenters. The van der Waals surface area contributed by atoms with E-state index in [9.17, 15) is 0 Å². The molecule has 1 aliphatic carbocycles. The van der Waals surface area contributed by atoms with Crippen LogP contribution in [0, 0.1) is 0 Å². The van der Waals surface area contributed by atoms with Crippen molar-refractivity contribution in [2.45, 2.75) is 51.6 Å². The van der Waals surface area contributed by atoms with Gasteiger partial charge in [-0.15, -0.1) is 0 Å². The molecule has 2 heteroatoms. The quantitative estimate of drug-likeness (QED) is 0.726. The summed E-state index contributed by atoms with van der Waals surface area (Å²) in [6, 6.07) is 6.63.